The number of amides is 1. The predicted molar refractivity (Wildman–Crippen MR) is 92.1 cm³/mol. The second kappa shape index (κ2) is 8.77. The number of carbonyl (C=O) groups is 2. The predicted octanol–water partition coefficient (Wildman–Crippen LogP) is 0.906. The van der Waals surface area contributed by atoms with E-state index in [0.717, 1.165) is 0 Å². The molecule has 2 N–H and O–H groups in total. The third-order valence-corrected chi connectivity index (χ3v) is 3.96. The number of benzene rings is 1. The minimum Gasteiger partial charge on any atom is -0.459 e. The normalized spacial score (nSPS) is 15.6. The molecule has 138 valence electrons. The number of nitrogens with two attached hydrogens (primary N) is 1. The molecule has 0 aromatic heterocycles. The molecule has 1 heterocycles. The van der Waals surface area contributed by atoms with Gasteiger partial charge in [-0.05, 0) is 18.2 Å². The van der Waals surface area contributed by atoms with Crippen LogP contribution in [0.5, 0.6) is 0 Å². The standard InChI is InChI=1S/C17H24FN3O4/c1-12(22)21(11-15(10-19)25-13(2)23)14-3-4-17(16(18)9-14)20-5-7-24-8-6-20/h3-4,9,15H,5-8,10-11,19H2,1-2H3. The van der Waals surface area contributed by atoms with Gasteiger partial charge in [-0.15, -0.1) is 0 Å². The Kier molecular flexibility index (Phi) is 6.72. The molecule has 0 saturated carbocycles. The zero-order valence-corrected chi connectivity index (χ0v) is 14.5. The Balaban J connectivity index is 2.19. The van der Waals surface area contributed by atoms with E-state index in [9.17, 15) is 14.0 Å². The van der Waals surface area contributed by atoms with Crippen molar-refractivity contribution in [2.24, 2.45) is 5.73 Å². The van der Waals surface area contributed by atoms with Crippen LogP contribution in [0, 0.1) is 5.82 Å². The SMILES string of the molecule is CC(=O)OC(CN)CN(C(C)=O)c1ccc(N2CCOCC2)c(F)c1. The van der Waals surface area contributed by atoms with Gasteiger partial charge < -0.3 is 25.0 Å². The fraction of sp³-hybridized carbons (Fsp3) is 0.529. The van der Waals surface area contributed by atoms with E-state index in [0.29, 0.717) is 37.7 Å². The summed E-state index contributed by atoms with van der Waals surface area (Å²) in [5.74, 6) is -1.18. The molecule has 7 nitrogen and oxygen atoms in total. The van der Waals surface area contributed by atoms with Crippen LogP contribution in [0.3, 0.4) is 0 Å². The molecule has 0 bridgehead atoms. The highest BCUT2D eigenvalue weighted by Gasteiger charge is 2.22. The van der Waals surface area contributed by atoms with Gasteiger partial charge in [0.25, 0.3) is 0 Å². The van der Waals surface area contributed by atoms with Gasteiger partial charge in [-0.2, -0.15) is 0 Å². The van der Waals surface area contributed by atoms with Crippen LogP contribution in [0.25, 0.3) is 0 Å². The highest BCUT2D eigenvalue weighted by Crippen LogP contribution is 2.26. The lowest BCUT2D eigenvalue weighted by atomic mass is 10.2. The molecule has 1 saturated heterocycles. The van der Waals surface area contributed by atoms with Crippen LogP contribution in [0.15, 0.2) is 18.2 Å². The fourth-order valence-corrected chi connectivity index (χ4v) is 2.74. The van der Waals surface area contributed by atoms with E-state index >= 15 is 0 Å². The number of morpholine rings is 1. The topological polar surface area (TPSA) is 85.1 Å². The van der Waals surface area contributed by atoms with Crippen LogP contribution in [-0.4, -0.2) is 57.4 Å². The van der Waals surface area contributed by atoms with Gasteiger partial charge in [-0.25, -0.2) is 4.39 Å². The van der Waals surface area contributed by atoms with E-state index in [4.69, 9.17) is 15.2 Å². The first-order valence-corrected chi connectivity index (χ1v) is 8.20. The van der Waals surface area contributed by atoms with Crippen LogP contribution in [0.2, 0.25) is 0 Å². The van der Waals surface area contributed by atoms with E-state index in [2.05, 4.69) is 0 Å². The third-order valence-electron chi connectivity index (χ3n) is 3.96. The molecule has 1 aliphatic heterocycles. The lowest BCUT2D eigenvalue weighted by molar-refractivity contribution is -0.145. The summed E-state index contributed by atoms with van der Waals surface area (Å²) in [7, 11) is 0. The van der Waals surface area contributed by atoms with Crippen molar-refractivity contribution in [1.82, 2.24) is 0 Å². The average Bonchev–Trinajstić information content (AvgIpc) is 2.58. The Bertz CT molecular complexity index is 620. The van der Waals surface area contributed by atoms with Crippen molar-refractivity contribution in [3.8, 4) is 0 Å². The summed E-state index contributed by atoms with van der Waals surface area (Å²) in [6, 6.07) is 4.64. The number of esters is 1. The van der Waals surface area contributed by atoms with E-state index < -0.39 is 17.9 Å². The Hall–Kier alpha value is -2.19. The Morgan fingerprint density at radius 1 is 1.36 bits per heavy atom. The van der Waals surface area contributed by atoms with Crippen LogP contribution >= 0.6 is 0 Å². The van der Waals surface area contributed by atoms with Crippen molar-refractivity contribution in [3.63, 3.8) is 0 Å². The van der Waals surface area contributed by atoms with E-state index in [-0.39, 0.29) is 19.0 Å². The first-order valence-electron chi connectivity index (χ1n) is 8.20. The summed E-state index contributed by atoms with van der Waals surface area (Å²) in [6.45, 7) is 5.14. The molecule has 1 amide bonds. The van der Waals surface area contributed by atoms with E-state index in [1.54, 1.807) is 12.1 Å². The molecule has 1 unspecified atom stereocenters. The molecule has 0 aliphatic carbocycles. The van der Waals surface area contributed by atoms with Crippen LogP contribution in [-0.2, 0) is 19.1 Å². The molecule has 0 radical (unpaired) electrons. The highest BCUT2D eigenvalue weighted by atomic mass is 19.1. The minimum absolute atomic E-state index is 0.0672. The minimum atomic E-state index is -0.650. The first-order chi connectivity index (χ1) is 11.9. The Morgan fingerprint density at radius 2 is 2.04 bits per heavy atom. The van der Waals surface area contributed by atoms with Gasteiger partial charge in [-0.3, -0.25) is 9.59 Å². The van der Waals surface area contributed by atoms with Crippen molar-refractivity contribution >= 4 is 23.3 Å². The quantitative estimate of drug-likeness (QED) is 0.765. The maximum Gasteiger partial charge on any atom is 0.303 e. The lowest BCUT2D eigenvalue weighted by Gasteiger charge is -2.30. The Morgan fingerprint density at radius 3 is 2.56 bits per heavy atom. The van der Waals surface area contributed by atoms with Crippen molar-refractivity contribution < 1.29 is 23.5 Å². The monoisotopic (exact) mass is 353 g/mol. The van der Waals surface area contributed by atoms with Crippen molar-refractivity contribution in [2.75, 3.05) is 49.2 Å². The van der Waals surface area contributed by atoms with E-state index in [1.165, 1.54) is 24.8 Å². The number of rotatable bonds is 6. The van der Waals surface area contributed by atoms with Gasteiger partial charge in [0.2, 0.25) is 5.91 Å². The maximum absolute atomic E-state index is 14.6. The largest absolute Gasteiger partial charge is 0.459 e. The number of carbonyl (C=O) groups excluding carboxylic acids is 2. The second-order valence-electron chi connectivity index (χ2n) is 5.83. The summed E-state index contributed by atoms with van der Waals surface area (Å²) < 4.78 is 24.9. The molecule has 2 rings (SSSR count). The summed E-state index contributed by atoms with van der Waals surface area (Å²) in [6.07, 6.45) is -0.650. The van der Waals surface area contributed by atoms with Crippen molar-refractivity contribution in [3.05, 3.63) is 24.0 Å². The fourth-order valence-electron chi connectivity index (χ4n) is 2.74. The van der Waals surface area contributed by atoms with Gasteiger partial charge in [-0.1, -0.05) is 0 Å². The molecular formula is C17H24FN3O4. The molecule has 1 aromatic carbocycles. The molecule has 0 spiro atoms. The molecule has 1 aromatic rings. The van der Waals surface area contributed by atoms with Crippen LogP contribution in [0.4, 0.5) is 15.8 Å². The summed E-state index contributed by atoms with van der Waals surface area (Å²) >= 11 is 0. The number of halogens is 1. The second-order valence-corrected chi connectivity index (χ2v) is 5.83. The van der Waals surface area contributed by atoms with Gasteiger partial charge >= 0.3 is 5.97 Å². The zero-order chi connectivity index (χ0) is 18.4. The third kappa shape index (κ3) is 5.14. The molecule has 1 fully saturated rings. The average molecular weight is 353 g/mol. The van der Waals surface area contributed by atoms with Gasteiger partial charge in [0.05, 0.1) is 25.4 Å². The lowest BCUT2D eigenvalue weighted by Crippen LogP contribution is -2.41. The van der Waals surface area contributed by atoms with Gasteiger partial charge in [0, 0.05) is 39.2 Å². The Labute approximate surface area is 146 Å². The number of ether oxygens (including phenoxy) is 2. The highest BCUT2D eigenvalue weighted by molar-refractivity contribution is 5.91. The summed E-state index contributed by atoms with van der Waals surface area (Å²) in [5, 5.41) is 0. The number of hydrogen-bond acceptors (Lipinski definition) is 6. The number of nitrogens with zero attached hydrogens (tertiary/aromatic N) is 2. The van der Waals surface area contributed by atoms with Crippen molar-refractivity contribution in [1.29, 1.82) is 0 Å². The number of hydrogen-bond donors (Lipinski definition) is 1. The zero-order valence-electron chi connectivity index (χ0n) is 14.5. The summed E-state index contributed by atoms with van der Waals surface area (Å²) in [4.78, 5) is 26.4. The smallest absolute Gasteiger partial charge is 0.303 e. The molecule has 8 heteroatoms. The van der Waals surface area contributed by atoms with Crippen molar-refractivity contribution in [2.45, 2.75) is 20.0 Å². The molecule has 1 aliphatic rings. The molecule has 1 atom stereocenters. The van der Waals surface area contributed by atoms with Gasteiger partial charge in [0.15, 0.2) is 0 Å². The summed E-state index contributed by atoms with van der Waals surface area (Å²) in [5.41, 5.74) is 6.46. The molecule has 25 heavy (non-hydrogen) atoms. The molecular weight excluding hydrogens is 329 g/mol. The number of anilines is 2. The van der Waals surface area contributed by atoms with Gasteiger partial charge in [0.1, 0.15) is 11.9 Å². The van der Waals surface area contributed by atoms with Crippen LogP contribution in [0.1, 0.15) is 13.8 Å². The van der Waals surface area contributed by atoms with E-state index in [1.807, 2.05) is 4.90 Å². The first kappa shape index (κ1) is 19.1. The maximum atomic E-state index is 14.6. The van der Waals surface area contributed by atoms with Crippen LogP contribution < -0.4 is 15.5 Å².